The van der Waals surface area contributed by atoms with Gasteiger partial charge < -0.3 is 14.4 Å². The maximum Gasteiger partial charge on any atom is 0.258 e. The average molecular weight is 410 g/mol. The summed E-state index contributed by atoms with van der Waals surface area (Å²) in [6, 6.07) is 18.5. The third kappa shape index (κ3) is 4.25. The van der Waals surface area contributed by atoms with E-state index in [0.29, 0.717) is 38.9 Å². The Hall–Kier alpha value is -3.31. The first-order valence-corrected chi connectivity index (χ1v) is 9.23. The molecular weight excluding hydrogens is 390 g/mol. The Morgan fingerprint density at radius 1 is 0.828 bits per heavy atom. The molecule has 0 N–H and O–H groups in total. The van der Waals surface area contributed by atoms with Gasteiger partial charge >= 0.3 is 0 Å². The van der Waals surface area contributed by atoms with Crippen molar-refractivity contribution in [1.82, 2.24) is 0 Å². The molecule has 3 rings (SSSR count). The Labute approximate surface area is 174 Å². The van der Waals surface area contributed by atoms with Crippen LogP contribution in [0, 0.1) is 0 Å². The van der Waals surface area contributed by atoms with Crippen LogP contribution in [-0.4, -0.2) is 33.0 Å². The molecule has 0 fully saturated rings. The van der Waals surface area contributed by atoms with Crippen molar-refractivity contribution in [2.75, 3.05) is 26.2 Å². The lowest BCUT2D eigenvalue weighted by atomic mass is 9.97. The van der Waals surface area contributed by atoms with Gasteiger partial charge in [-0.15, -0.1) is 0 Å². The lowest BCUT2D eigenvalue weighted by Crippen LogP contribution is -2.28. The molecule has 0 atom stereocenters. The van der Waals surface area contributed by atoms with Gasteiger partial charge in [0, 0.05) is 35.0 Å². The van der Waals surface area contributed by atoms with E-state index in [-0.39, 0.29) is 11.7 Å². The van der Waals surface area contributed by atoms with E-state index in [0.717, 1.165) is 0 Å². The molecule has 3 aromatic rings. The minimum absolute atomic E-state index is 0.244. The van der Waals surface area contributed by atoms with Crippen LogP contribution < -0.4 is 14.4 Å². The van der Waals surface area contributed by atoms with Crippen LogP contribution in [0.1, 0.15) is 26.3 Å². The molecule has 0 aliphatic heterocycles. The van der Waals surface area contributed by atoms with Crippen LogP contribution >= 0.6 is 11.6 Å². The van der Waals surface area contributed by atoms with Crippen LogP contribution in [0.3, 0.4) is 0 Å². The molecule has 148 valence electrons. The van der Waals surface area contributed by atoms with E-state index in [1.54, 1.807) is 80.9 Å². The van der Waals surface area contributed by atoms with Crippen LogP contribution in [0.2, 0.25) is 5.02 Å². The van der Waals surface area contributed by atoms with Crippen LogP contribution in [0.5, 0.6) is 11.5 Å². The Bertz CT molecular complexity index is 1050. The van der Waals surface area contributed by atoms with Crippen molar-refractivity contribution >= 4 is 29.0 Å². The minimum Gasteiger partial charge on any atom is -0.493 e. The van der Waals surface area contributed by atoms with E-state index in [2.05, 4.69) is 0 Å². The number of nitrogens with zero attached hydrogens (tertiary/aromatic N) is 1. The first-order chi connectivity index (χ1) is 14.0. The van der Waals surface area contributed by atoms with Crippen molar-refractivity contribution < 1.29 is 19.1 Å². The number of ether oxygens (including phenoxy) is 2. The molecular formula is C23H20ClNO4. The molecule has 0 aliphatic rings. The van der Waals surface area contributed by atoms with Gasteiger partial charge in [-0.1, -0.05) is 29.8 Å². The highest BCUT2D eigenvalue weighted by Crippen LogP contribution is 2.32. The summed E-state index contributed by atoms with van der Waals surface area (Å²) in [5.74, 6) is 0.520. The average Bonchev–Trinajstić information content (AvgIpc) is 2.77. The van der Waals surface area contributed by atoms with Gasteiger partial charge in [0.2, 0.25) is 0 Å². The van der Waals surface area contributed by atoms with E-state index in [9.17, 15) is 9.59 Å². The molecule has 0 spiro atoms. The number of halogens is 1. The number of hydrogen-bond donors (Lipinski definition) is 0. The minimum atomic E-state index is -0.310. The molecule has 0 saturated heterocycles. The second kappa shape index (κ2) is 8.80. The smallest absolute Gasteiger partial charge is 0.258 e. The molecule has 0 aromatic heterocycles. The maximum atomic E-state index is 13.2. The van der Waals surface area contributed by atoms with E-state index in [4.69, 9.17) is 21.1 Å². The van der Waals surface area contributed by atoms with Crippen molar-refractivity contribution in [3.8, 4) is 11.5 Å². The van der Waals surface area contributed by atoms with Crippen LogP contribution in [0.25, 0.3) is 0 Å². The fraction of sp³-hybridized carbons (Fsp3) is 0.130. The second-order valence-corrected chi connectivity index (χ2v) is 6.72. The maximum absolute atomic E-state index is 13.2. The summed E-state index contributed by atoms with van der Waals surface area (Å²) in [4.78, 5) is 27.6. The zero-order valence-electron chi connectivity index (χ0n) is 16.3. The van der Waals surface area contributed by atoms with E-state index >= 15 is 0 Å². The quantitative estimate of drug-likeness (QED) is 0.545. The molecule has 6 heteroatoms. The van der Waals surface area contributed by atoms with Crippen LogP contribution in [0.4, 0.5) is 5.69 Å². The van der Waals surface area contributed by atoms with Crippen molar-refractivity contribution in [2.45, 2.75) is 0 Å². The highest BCUT2D eigenvalue weighted by molar-refractivity contribution is 6.30. The van der Waals surface area contributed by atoms with Crippen LogP contribution in [0.15, 0.2) is 66.7 Å². The van der Waals surface area contributed by atoms with E-state index < -0.39 is 0 Å². The third-order valence-electron chi connectivity index (χ3n) is 4.57. The highest BCUT2D eigenvalue weighted by Gasteiger charge is 2.22. The topological polar surface area (TPSA) is 55.8 Å². The molecule has 0 radical (unpaired) electrons. The number of methoxy groups -OCH3 is 2. The molecule has 0 bridgehead atoms. The van der Waals surface area contributed by atoms with Gasteiger partial charge in [0.25, 0.3) is 5.91 Å². The summed E-state index contributed by atoms with van der Waals surface area (Å²) in [6.07, 6.45) is 0. The number of amides is 1. The number of carbonyl (C=O) groups is 2. The zero-order valence-corrected chi connectivity index (χ0v) is 17.1. The lowest BCUT2D eigenvalue weighted by molar-refractivity contribution is 0.0976. The highest BCUT2D eigenvalue weighted by atomic mass is 35.5. The molecule has 0 unspecified atom stereocenters. The summed E-state index contributed by atoms with van der Waals surface area (Å²) in [6.45, 7) is 0. The van der Waals surface area contributed by atoms with Crippen molar-refractivity contribution in [2.24, 2.45) is 0 Å². The van der Waals surface area contributed by atoms with E-state index in [1.165, 1.54) is 12.0 Å². The molecule has 29 heavy (non-hydrogen) atoms. The molecule has 0 aliphatic carbocycles. The number of rotatable bonds is 6. The SMILES string of the molecule is COc1ccc(N(C)C(=O)c2ccccc2C(=O)c2ccc(Cl)cc2)cc1OC. The summed E-state index contributed by atoms with van der Waals surface area (Å²) in [5, 5.41) is 0.541. The largest absolute Gasteiger partial charge is 0.493 e. The summed E-state index contributed by atoms with van der Waals surface area (Å²) in [7, 11) is 4.72. The number of ketones is 1. The number of benzene rings is 3. The Kier molecular flexibility index (Phi) is 6.20. The summed E-state index contributed by atoms with van der Waals surface area (Å²) < 4.78 is 10.6. The monoisotopic (exact) mass is 409 g/mol. The Morgan fingerprint density at radius 3 is 2.07 bits per heavy atom. The molecule has 5 nitrogen and oxygen atoms in total. The lowest BCUT2D eigenvalue weighted by Gasteiger charge is -2.20. The first kappa shape index (κ1) is 20.4. The van der Waals surface area contributed by atoms with Gasteiger partial charge in [-0.05, 0) is 42.5 Å². The zero-order chi connectivity index (χ0) is 21.0. The third-order valence-corrected chi connectivity index (χ3v) is 4.82. The summed E-state index contributed by atoms with van der Waals surface area (Å²) in [5.41, 5.74) is 1.71. The summed E-state index contributed by atoms with van der Waals surface area (Å²) >= 11 is 5.91. The standard InChI is InChI=1S/C23H20ClNO4/c1-25(17-12-13-20(28-2)21(14-17)29-3)23(27)19-7-5-4-6-18(19)22(26)15-8-10-16(24)11-9-15/h4-14H,1-3H3. The molecule has 1 amide bonds. The van der Waals surface area contributed by atoms with Gasteiger partial charge in [-0.25, -0.2) is 0 Å². The fourth-order valence-electron chi connectivity index (χ4n) is 2.96. The number of carbonyl (C=O) groups excluding carboxylic acids is 2. The molecule has 0 heterocycles. The van der Waals surface area contributed by atoms with Crippen molar-refractivity contribution in [3.05, 3.63) is 88.4 Å². The van der Waals surface area contributed by atoms with Gasteiger partial charge in [0.15, 0.2) is 17.3 Å². The van der Waals surface area contributed by atoms with Crippen molar-refractivity contribution in [1.29, 1.82) is 0 Å². The van der Waals surface area contributed by atoms with Gasteiger partial charge in [-0.3, -0.25) is 9.59 Å². The number of anilines is 1. The van der Waals surface area contributed by atoms with Gasteiger partial charge in [0.05, 0.1) is 19.8 Å². The Morgan fingerprint density at radius 2 is 1.45 bits per heavy atom. The normalized spacial score (nSPS) is 10.3. The number of hydrogen-bond acceptors (Lipinski definition) is 4. The molecule has 3 aromatic carbocycles. The van der Waals surface area contributed by atoms with Crippen molar-refractivity contribution in [3.63, 3.8) is 0 Å². The van der Waals surface area contributed by atoms with Gasteiger partial charge in [-0.2, -0.15) is 0 Å². The first-order valence-electron chi connectivity index (χ1n) is 8.85. The molecule has 0 saturated carbocycles. The Balaban J connectivity index is 1.96. The second-order valence-electron chi connectivity index (χ2n) is 6.29. The fourth-order valence-corrected chi connectivity index (χ4v) is 3.08. The predicted molar refractivity (Wildman–Crippen MR) is 114 cm³/mol. The van der Waals surface area contributed by atoms with E-state index in [1.807, 2.05) is 0 Å². The predicted octanol–water partition coefficient (Wildman–Crippen LogP) is 4.86. The van der Waals surface area contributed by atoms with Crippen LogP contribution in [-0.2, 0) is 0 Å². The van der Waals surface area contributed by atoms with Gasteiger partial charge in [0.1, 0.15) is 0 Å².